The minimum atomic E-state index is -5.55. The van der Waals surface area contributed by atoms with E-state index in [1.54, 1.807) is 0 Å². The predicted molar refractivity (Wildman–Crippen MR) is 141 cm³/mol. The van der Waals surface area contributed by atoms with E-state index in [1.807, 2.05) is 0 Å². The standard InChI is InChI=1S/C32H3F13N6/c33-24-14(5-47)15(6-48)25(34)28(37)22(24)16(7-49)20-19(13(4-46)10-1-11(31(40,41)42)3-12(2-10)32(43,44)45)21(20)17(8-50)23-29(38)26(35)18(9-51)27(36)30(23)39/h1-3H. The molecule has 0 spiro atoms. The van der Waals surface area contributed by atoms with Crippen LogP contribution in [0.4, 0.5) is 57.1 Å². The second-order valence-corrected chi connectivity index (χ2v) is 9.79. The Bertz CT molecular complexity index is 2420. The molecule has 3 aromatic rings. The number of hydrogen-bond donors (Lipinski definition) is 0. The number of alkyl halides is 6. The highest BCUT2D eigenvalue weighted by atomic mass is 19.4. The van der Waals surface area contributed by atoms with E-state index in [2.05, 4.69) is 0 Å². The smallest absolute Gasteiger partial charge is 0.205 e. The van der Waals surface area contributed by atoms with E-state index < -0.39 is 137 Å². The summed E-state index contributed by atoms with van der Waals surface area (Å²) in [5.41, 5.74) is -23.0. The normalized spacial score (nSPS) is 15.4. The summed E-state index contributed by atoms with van der Waals surface area (Å²) in [4.78, 5) is 0. The summed E-state index contributed by atoms with van der Waals surface area (Å²) < 4.78 is 187. The number of hydrogen-bond acceptors (Lipinski definition) is 6. The van der Waals surface area contributed by atoms with E-state index in [-0.39, 0.29) is 12.1 Å². The van der Waals surface area contributed by atoms with Crippen LogP contribution in [0.1, 0.15) is 44.5 Å². The highest BCUT2D eigenvalue weighted by Crippen LogP contribution is 2.57. The Morgan fingerprint density at radius 2 is 0.725 bits per heavy atom. The summed E-state index contributed by atoms with van der Waals surface area (Å²) in [6, 6.07) is 5.38. The number of nitrogens with zero attached hydrogens (tertiary/aromatic N) is 6. The van der Waals surface area contributed by atoms with E-state index in [0.717, 1.165) is 36.4 Å². The maximum Gasteiger partial charge on any atom is 0.416 e. The first-order chi connectivity index (χ1) is 23.8. The highest BCUT2D eigenvalue weighted by Gasteiger charge is 2.46. The molecule has 0 aliphatic heterocycles. The van der Waals surface area contributed by atoms with Crippen molar-refractivity contribution in [3.05, 3.63) is 120 Å². The van der Waals surface area contributed by atoms with E-state index in [0.29, 0.717) is 0 Å². The molecule has 1 fully saturated rings. The molecule has 0 atom stereocenters. The van der Waals surface area contributed by atoms with E-state index >= 15 is 17.6 Å². The van der Waals surface area contributed by atoms with Gasteiger partial charge < -0.3 is 0 Å². The van der Waals surface area contributed by atoms with Gasteiger partial charge in [0.15, 0.2) is 40.7 Å². The van der Waals surface area contributed by atoms with Crippen molar-refractivity contribution in [2.75, 3.05) is 0 Å². The number of nitriles is 6. The first-order valence-electron chi connectivity index (χ1n) is 12.8. The lowest BCUT2D eigenvalue weighted by Gasteiger charge is -2.13. The number of allylic oxidation sites excluding steroid dienone is 6. The molecule has 19 heteroatoms. The molecule has 4 rings (SSSR count). The van der Waals surface area contributed by atoms with Gasteiger partial charge in [-0.3, -0.25) is 0 Å². The van der Waals surface area contributed by atoms with Crippen molar-refractivity contribution in [2.45, 2.75) is 12.4 Å². The molecule has 1 saturated carbocycles. The molecule has 1 aliphatic carbocycles. The Balaban J connectivity index is 2.36. The van der Waals surface area contributed by atoms with Gasteiger partial charge in [-0.05, 0) is 23.8 Å². The van der Waals surface area contributed by atoms with Crippen LogP contribution in [0, 0.1) is 109 Å². The lowest BCUT2D eigenvalue weighted by atomic mass is 9.96. The summed E-state index contributed by atoms with van der Waals surface area (Å²) in [5.74, 6) is -16.8. The van der Waals surface area contributed by atoms with Crippen molar-refractivity contribution < 1.29 is 57.1 Å². The Hall–Kier alpha value is -7.09. The molecule has 0 heterocycles. The fourth-order valence-electron chi connectivity index (χ4n) is 4.81. The van der Waals surface area contributed by atoms with Crippen LogP contribution in [0.25, 0.3) is 16.7 Å². The van der Waals surface area contributed by atoms with Gasteiger partial charge in [-0.1, -0.05) is 0 Å². The Labute approximate surface area is 274 Å². The van der Waals surface area contributed by atoms with Crippen LogP contribution in [0.3, 0.4) is 0 Å². The molecule has 6 nitrogen and oxygen atoms in total. The SMILES string of the molecule is N#CC(=C1C(=C(C#N)c2c(F)c(F)c(C#N)c(F)c2F)C1=C(C#N)c1c(F)c(F)c(C#N)c(C#N)c1F)c1cc(C(F)(F)F)cc(C(F)(F)F)c1. The maximum absolute atomic E-state index is 15.5. The molecule has 0 saturated heterocycles. The minimum absolute atomic E-state index is 0.0784. The van der Waals surface area contributed by atoms with Gasteiger partial charge in [0.1, 0.15) is 53.1 Å². The second-order valence-electron chi connectivity index (χ2n) is 9.79. The van der Waals surface area contributed by atoms with Crippen LogP contribution >= 0.6 is 0 Å². The van der Waals surface area contributed by atoms with Crippen LogP contribution < -0.4 is 0 Å². The molecule has 1 aliphatic rings. The molecule has 0 bridgehead atoms. The average Bonchev–Trinajstić information content (AvgIpc) is 3.78. The summed E-state index contributed by atoms with van der Waals surface area (Å²) in [5, 5.41) is 57.0. The van der Waals surface area contributed by atoms with Gasteiger partial charge in [-0.15, -0.1) is 0 Å². The molecular weight excluding hydrogens is 715 g/mol. The van der Waals surface area contributed by atoms with Crippen molar-refractivity contribution in [1.82, 2.24) is 0 Å². The molecule has 51 heavy (non-hydrogen) atoms. The third-order valence-corrected chi connectivity index (χ3v) is 7.07. The number of rotatable bonds is 3. The Kier molecular flexibility index (Phi) is 9.18. The highest BCUT2D eigenvalue weighted by molar-refractivity contribution is 6.12. The molecule has 0 unspecified atom stereocenters. The van der Waals surface area contributed by atoms with Crippen molar-refractivity contribution in [3.63, 3.8) is 0 Å². The lowest BCUT2D eigenvalue weighted by Crippen LogP contribution is -2.11. The molecule has 0 radical (unpaired) electrons. The van der Waals surface area contributed by atoms with Crippen LogP contribution in [0.2, 0.25) is 0 Å². The maximum atomic E-state index is 15.5. The quantitative estimate of drug-likeness (QED) is 0.151. The first kappa shape index (κ1) is 36.7. The lowest BCUT2D eigenvalue weighted by molar-refractivity contribution is -0.143. The zero-order valence-electron chi connectivity index (χ0n) is 23.8. The molecule has 3 aromatic carbocycles. The van der Waals surface area contributed by atoms with Crippen LogP contribution in [-0.4, -0.2) is 0 Å². The van der Waals surface area contributed by atoms with Gasteiger partial charge in [0.2, 0.25) is 0 Å². The largest absolute Gasteiger partial charge is 0.416 e. The fourth-order valence-corrected chi connectivity index (χ4v) is 4.81. The second kappa shape index (κ2) is 12.7. The van der Waals surface area contributed by atoms with Crippen molar-refractivity contribution in [1.29, 1.82) is 31.6 Å². The van der Waals surface area contributed by atoms with E-state index in [1.165, 1.54) is 0 Å². The third-order valence-electron chi connectivity index (χ3n) is 7.07. The first-order valence-corrected chi connectivity index (χ1v) is 12.8. The van der Waals surface area contributed by atoms with E-state index in [9.17, 15) is 60.6 Å². The molecule has 0 amide bonds. The van der Waals surface area contributed by atoms with Crippen LogP contribution in [0.15, 0.2) is 34.9 Å². The summed E-state index contributed by atoms with van der Waals surface area (Å²) in [6.07, 6.45) is -11.1. The minimum Gasteiger partial charge on any atom is -0.205 e. The average molecular weight is 718 g/mol. The molecule has 252 valence electrons. The number of benzene rings is 3. The van der Waals surface area contributed by atoms with Crippen molar-refractivity contribution in [3.8, 4) is 36.4 Å². The van der Waals surface area contributed by atoms with Crippen molar-refractivity contribution in [2.24, 2.45) is 0 Å². The Morgan fingerprint density at radius 3 is 1.06 bits per heavy atom. The molecule has 0 aromatic heterocycles. The van der Waals surface area contributed by atoms with Crippen molar-refractivity contribution >= 4 is 16.7 Å². The van der Waals surface area contributed by atoms with Gasteiger partial charge in [-0.25, -0.2) is 30.7 Å². The predicted octanol–water partition coefficient (Wildman–Crippen LogP) is 8.56. The van der Waals surface area contributed by atoms with E-state index in [4.69, 9.17) is 10.5 Å². The molecular formula is C32H3F13N6. The van der Waals surface area contributed by atoms with Gasteiger partial charge >= 0.3 is 12.4 Å². The van der Waals surface area contributed by atoms with Crippen LogP contribution in [-0.2, 0) is 12.4 Å². The summed E-state index contributed by atoms with van der Waals surface area (Å²) in [7, 11) is 0. The zero-order valence-corrected chi connectivity index (χ0v) is 23.8. The summed E-state index contributed by atoms with van der Waals surface area (Å²) >= 11 is 0. The molecule has 0 N–H and O–H groups in total. The summed E-state index contributed by atoms with van der Waals surface area (Å²) in [6.45, 7) is 0. The topological polar surface area (TPSA) is 143 Å². The third kappa shape index (κ3) is 5.84. The number of halogens is 13. The van der Waals surface area contributed by atoms with Gasteiger partial charge in [-0.2, -0.15) is 57.9 Å². The van der Waals surface area contributed by atoms with Gasteiger partial charge in [0, 0.05) is 16.7 Å². The fraction of sp³-hybridized carbons (Fsp3) is 0.0625. The van der Waals surface area contributed by atoms with Crippen LogP contribution in [0.5, 0.6) is 0 Å². The monoisotopic (exact) mass is 718 g/mol. The van der Waals surface area contributed by atoms with Gasteiger partial charge in [0.25, 0.3) is 0 Å². The Morgan fingerprint density at radius 1 is 0.412 bits per heavy atom. The van der Waals surface area contributed by atoms with Gasteiger partial charge in [0.05, 0.1) is 39.0 Å². The zero-order chi connectivity index (χ0) is 38.5.